The van der Waals surface area contributed by atoms with E-state index in [4.69, 9.17) is 15.3 Å². The van der Waals surface area contributed by atoms with Crippen molar-refractivity contribution < 1.29 is 29.1 Å². The molecular weight excluding hydrogens is 398 g/mol. The molecule has 1 saturated heterocycles. The Hall–Kier alpha value is -2.64. The van der Waals surface area contributed by atoms with E-state index in [2.05, 4.69) is 15.5 Å². The molecule has 0 aromatic carbocycles. The van der Waals surface area contributed by atoms with Crippen LogP contribution in [0.1, 0.15) is 5.69 Å². The minimum absolute atomic E-state index is 0.0554. The van der Waals surface area contributed by atoms with Crippen molar-refractivity contribution in [1.29, 1.82) is 0 Å². The molecule has 1 aromatic rings. The Bertz CT molecular complexity index is 912. The lowest BCUT2D eigenvalue weighted by atomic mass is 10.0. The number of β-lactam (4-membered cyclic amide) rings is 1. The van der Waals surface area contributed by atoms with Crippen LogP contribution in [0.3, 0.4) is 0 Å². The van der Waals surface area contributed by atoms with Crippen molar-refractivity contribution >= 4 is 51.7 Å². The Morgan fingerprint density at radius 2 is 2.33 bits per heavy atom. The van der Waals surface area contributed by atoms with Crippen molar-refractivity contribution in [3.05, 3.63) is 22.3 Å². The molecule has 3 aliphatic rings. The number of hydrogen-bond acceptors (Lipinski definition) is 11. The summed E-state index contributed by atoms with van der Waals surface area (Å²) in [5, 5.41) is 17.3. The molecule has 1 aromatic heterocycles. The maximum Gasteiger partial charge on any atom is 0.357 e. The molecule has 1 fully saturated rings. The Balaban J connectivity index is 1.52. The maximum atomic E-state index is 12.6. The number of nitrogens with zero attached hydrogens (tertiary/aromatic N) is 3. The normalized spacial score (nSPS) is 27.0. The fourth-order valence-corrected chi connectivity index (χ4v) is 4.86. The van der Waals surface area contributed by atoms with Gasteiger partial charge in [-0.2, -0.15) is 0 Å². The number of ether oxygens (including phenoxy) is 1. The average Bonchev–Trinajstić information content (AvgIpc) is 3.19. The fourth-order valence-electron chi connectivity index (χ4n) is 2.95. The molecular formula is C14H13N5O6S2. The van der Waals surface area contributed by atoms with Gasteiger partial charge in [-0.15, -0.1) is 23.1 Å². The summed E-state index contributed by atoms with van der Waals surface area (Å²) in [4.78, 5) is 46.9. The molecule has 11 nitrogen and oxygen atoms in total. The molecule has 3 unspecified atom stereocenters. The van der Waals surface area contributed by atoms with E-state index in [0.29, 0.717) is 11.3 Å². The summed E-state index contributed by atoms with van der Waals surface area (Å²) in [6.45, 7) is 0. The minimum Gasteiger partial charge on any atom is -0.427 e. The van der Waals surface area contributed by atoms with Crippen molar-refractivity contribution in [3.63, 3.8) is 0 Å². The monoisotopic (exact) mass is 411 g/mol. The SMILES string of the molecule is CON=C(C(=O)NC1C(=O)N2C3=C(CSC12)C(O)OC3=O)c1csc(N)n1. The third-order valence-electron chi connectivity index (χ3n) is 4.16. The highest BCUT2D eigenvalue weighted by Crippen LogP contribution is 2.43. The Kier molecular flexibility index (Phi) is 4.28. The van der Waals surface area contributed by atoms with E-state index in [0.717, 1.165) is 11.3 Å². The molecule has 4 rings (SSSR count). The fraction of sp³-hybridized carbons (Fsp3) is 0.357. The van der Waals surface area contributed by atoms with Crippen molar-refractivity contribution in [3.8, 4) is 0 Å². The summed E-state index contributed by atoms with van der Waals surface area (Å²) < 4.78 is 4.75. The number of esters is 1. The van der Waals surface area contributed by atoms with E-state index in [1.165, 1.54) is 23.8 Å². The number of cyclic esters (lactones) is 1. The molecule has 0 spiro atoms. The van der Waals surface area contributed by atoms with E-state index < -0.39 is 35.5 Å². The highest BCUT2D eigenvalue weighted by molar-refractivity contribution is 8.00. The molecule has 142 valence electrons. The molecule has 2 amide bonds. The number of fused-ring (bicyclic) bond motifs is 2. The Morgan fingerprint density at radius 3 is 3.00 bits per heavy atom. The van der Waals surface area contributed by atoms with Gasteiger partial charge >= 0.3 is 5.97 Å². The number of oxime groups is 1. The van der Waals surface area contributed by atoms with E-state index in [1.54, 1.807) is 5.38 Å². The summed E-state index contributed by atoms with van der Waals surface area (Å²) in [5.74, 6) is -1.58. The van der Waals surface area contributed by atoms with E-state index >= 15 is 0 Å². The Morgan fingerprint density at radius 1 is 1.56 bits per heavy atom. The first-order valence-corrected chi connectivity index (χ1v) is 9.55. The number of hydrogen-bond donors (Lipinski definition) is 3. The lowest BCUT2D eigenvalue weighted by Crippen LogP contribution is -2.70. The number of nitrogens with two attached hydrogens (primary N) is 1. The number of carbonyl (C=O) groups is 3. The molecule has 0 radical (unpaired) electrons. The second-order valence-electron chi connectivity index (χ2n) is 5.69. The third kappa shape index (κ3) is 2.74. The summed E-state index contributed by atoms with van der Waals surface area (Å²) in [5.41, 5.74) is 6.11. The van der Waals surface area contributed by atoms with Crippen LogP contribution in [0.4, 0.5) is 5.13 Å². The zero-order valence-corrected chi connectivity index (χ0v) is 15.4. The van der Waals surface area contributed by atoms with Crippen LogP contribution in [0, 0.1) is 0 Å². The number of carbonyl (C=O) groups excluding carboxylic acids is 3. The smallest absolute Gasteiger partial charge is 0.357 e. The van der Waals surface area contributed by atoms with Gasteiger partial charge in [0, 0.05) is 16.7 Å². The van der Waals surface area contributed by atoms with Gasteiger partial charge in [0.05, 0.1) is 0 Å². The van der Waals surface area contributed by atoms with Crippen LogP contribution in [-0.4, -0.2) is 69.1 Å². The minimum atomic E-state index is -1.34. The Labute approximate surface area is 160 Å². The van der Waals surface area contributed by atoms with Crippen molar-refractivity contribution in [2.45, 2.75) is 17.7 Å². The van der Waals surface area contributed by atoms with Gasteiger partial charge in [0.1, 0.15) is 29.9 Å². The van der Waals surface area contributed by atoms with Gasteiger partial charge in [-0.3, -0.25) is 14.5 Å². The van der Waals surface area contributed by atoms with Gasteiger partial charge in [0.2, 0.25) is 6.29 Å². The van der Waals surface area contributed by atoms with Crippen LogP contribution in [0.2, 0.25) is 0 Å². The number of anilines is 1. The van der Waals surface area contributed by atoms with Crippen LogP contribution in [0.15, 0.2) is 21.8 Å². The van der Waals surface area contributed by atoms with E-state index in [-0.39, 0.29) is 22.2 Å². The van der Waals surface area contributed by atoms with Crippen LogP contribution >= 0.6 is 23.1 Å². The van der Waals surface area contributed by atoms with Gasteiger partial charge in [-0.1, -0.05) is 5.16 Å². The van der Waals surface area contributed by atoms with Crippen LogP contribution < -0.4 is 11.1 Å². The van der Waals surface area contributed by atoms with Gasteiger partial charge < -0.3 is 25.7 Å². The van der Waals surface area contributed by atoms with Crippen LogP contribution in [-0.2, 0) is 24.0 Å². The highest BCUT2D eigenvalue weighted by Gasteiger charge is 2.57. The molecule has 3 atom stereocenters. The lowest BCUT2D eigenvalue weighted by molar-refractivity contribution is -0.157. The summed E-state index contributed by atoms with van der Waals surface area (Å²) in [6, 6.07) is -0.861. The van der Waals surface area contributed by atoms with Gasteiger partial charge in [-0.05, 0) is 0 Å². The number of thiazole rings is 1. The number of amides is 2. The molecule has 3 aliphatic heterocycles. The first-order chi connectivity index (χ1) is 12.9. The summed E-state index contributed by atoms with van der Waals surface area (Å²) >= 11 is 2.44. The molecule has 0 aliphatic carbocycles. The largest absolute Gasteiger partial charge is 0.427 e. The molecule has 0 saturated carbocycles. The number of aromatic nitrogens is 1. The predicted octanol–water partition coefficient (Wildman–Crippen LogP) is -1.39. The zero-order valence-electron chi connectivity index (χ0n) is 13.7. The number of aliphatic hydroxyl groups is 1. The molecule has 27 heavy (non-hydrogen) atoms. The first kappa shape index (κ1) is 17.8. The first-order valence-electron chi connectivity index (χ1n) is 7.62. The standard InChI is InChI=1S/C14H13N5O6S2/c1-24-18-6(5-3-27-14(15)16-5)9(20)17-7-10(21)19-8-4(2-26-11(7)19)12(22)25-13(8)23/h3,7,11-12,22H,2H2,1H3,(H2,15,16)(H,17,20). The number of aliphatic hydroxyl groups excluding tert-OH is 1. The second kappa shape index (κ2) is 6.51. The number of nitrogens with one attached hydrogen (secondary N) is 1. The number of rotatable bonds is 4. The summed E-state index contributed by atoms with van der Waals surface area (Å²) in [6.07, 6.45) is -1.34. The van der Waals surface area contributed by atoms with Crippen molar-refractivity contribution in [2.24, 2.45) is 5.16 Å². The molecule has 4 N–H and O–H groups in total. The van der Waals surface area contributed by atoms with Crippen LogP contribution in [0.25, 0.3) is 0 Å². The average molecular weight is 411 g/mol. The van der Waals surface area contributed by atoms with Gasteiger partial charge in [0.15, 0.2) is 10.8 Å². The summed E-state index contributed by atoms with van der Waals surface area (Å²) in [7, 11) is 1.28. The zero-order chi connectivity index (χ0) is 19.3. The van der Waals surface area contributed by atoms with Crippen molar-refractivity contribution in [1.82, 2.24) is 15.2 Å². The topological polar surface area (TPSA) is 156 Å². The van der Waals surface area contributed by atoms with Crippen molar-refractivity contribution in [2.75, 3.05) is 18.6 Å². The number of thioether (sulfide) groups is 1. The van der Waals surface area contributed by atoms with E-state index in [1.807, 2.05) is 0 Å². The van der Waals surface area contributed by atoms with Gasteiger partial charge in [-0.25, -0.2) is 9.78 Å². The van der Waals surface area contributed by atoms with Crippen LogP contribution in [0.5, 0.6) is 0 Å². The quantitative estimate of drug-likeness (QED) is 0.235. The highest BCUT2D eigenvalue weighted by atomic mass is 32.2. The number of nitrogen functional groups attached to an aromatic ring is 1. The predicted molar refractivity (Wildman–Crippen MR) is 94.2 cm³/mol. The molecule has 13 heteroatoms. The van der Waals surface area contributed by atoms with E-state index in [9.17, 15) is 19.5 Å². The molecule has 4 heterocycles. The third-order valence-corrected chi connectivity index (χ3v) is 6.13. The molecule has 0 bridgehead atoms. The lowest BCUT2D eigenvalue weighted by Gasteiger charge is -2.48. The second-order valence-corrected chi connectivity index (χ2v) is 7.68. The maximum absolute atomic E-state index is 12.6. The van der Waals surface area contributed by atoms with Gasteiger partial charge in [0.25, 0.3) is 11.8 Å².